The van der Waals surface area contributed by atoms with Crippen molar-refractivity contribution < 1.29 is 37.6 Å². The lowest BCUT2D eigenvalue weighted by atomic mass is 9.75. The molecule has 1 unspecified atom stereocenters. The lowest BCUT2D eigenvalue weighted by molar-refractivity contribution is -0.614. The number of pyridine rings is 1. The summed E-state index contributed by atoms with van der Waals surface area (Å²) in [5, 5.41) is 33.0. The van der Waals surface area contributed by atoms with Gasteiger partial charge in [-0.1, -0.05) is 42.4 Å². The first-order valence-electron chi connectivity index (χ1n) is 13.2. The van der Waals surface area contributed by atoms with E-state index in [0.717, 1.165) is 18.3 Å². The molecule has 1 heterocycles. The molecule has 3 aromatic rings. The van der Waals surface area contributed by atoms with Crippen LogP contribution in [0.15, 0.2) is 61.3 Å². The van der Waals surface area contributed by atoms with Gasteiger partial charge in [-0.2, -0.15) is 13.5 Å². The lowest BCUT2D eigenvalue weighted by Crippen LogP contribution is -2.37. The van der Waals surface area contributed by atoms with Crippen molar-refractivity contribution in [2.24, 2.45) is 5.92 Å². The molecule has 0 radical (unpaired) electrons. The van der Waals surface area contributed by atoms with E-state index in [1.165, 1.54) is 12.1 Å². The molecule has 0 aliphatic heterocycles. The molecule has 1 saturated carbocycles. The Morgan fingerprint density at radius 2 is 1.83 bits per heavy atom. The zero-order valence-electron chi connectivity index (χ0n) is 22.5. The van der Waals surface area contributed by atoms with Crippen LogP contribution in [0.25, 0.3) is 16.9 Å². The number of aromatic nitrogens is 1. The number of benzene rings is 2. The second-order valence-electron chi connectivity index (χ2n) is 10.8. The molecule has 1 aliphatic carbocycles. The highest BCUT2D eigenvalue weighted by atomic mass is 35.5. The molecule has 10 heteroatoms. The van der Waals surface area contributed by atoms with Crippen molar-refractivity contribution >= 4 is 23.1 Å². The van der Waals surface area contributed by atoms with E-state index in [2.05, 4.69) is 11.3 Å². The number of Topliss-reactive ketones (excluding diaryl/α,β-unsaturated/α-hetero) is 1. The Hall–Kier alpha value is -3.56. The van der Waals surface area contributed by atoms with Crippen LogP contribution in [0.5, 0.6) is 5.75 Å². The zero-order chi connectivity index (χ0) is 29.9. The number of alkyl halides is 2. The molecule has 2 N–H and O–H groups in total. The molecule has 0 saturated heterocycles. The van der Waals surface area contributed by atoms with E-state index in [0.29, 0.717) is 48.0 Å². The van der Waals surface area contributed by atoms with Gasteiger partial charge >= 0.3 is 6.61 Å². The molecule has 0 spiro atoms. The maximum atomic E-state index is 14.9. The Morgan fingerprint density at radius 1 is 1.17 bits per heavy atom. The molecule has 41 heavy (non-hydrogen) atoms. The van der Waals surface area contributed by atoms with Crippen molar-refractivity contribution in [3.05, 3.63) is 94.2 Å². The number of rotatable bonds is 10. The van der Waals surface area contributed by atoms with Crippen LogP contribution >= 0.6 is 11.6 Å². The zero-order valence-corrected chi connectivity index (χ0v) is 23.2. The number of aliphatic hydroxyl groups excluding tert-OH is 1. The van der Waals surface area contributed by atoms with Crippen LogP contribution in [0, 0.1) is 16.9 Å². The molecular formula is C31H31ClF3NO5. The summed E-state index contributed by atoms with van der Waals surface area (Å²) in [4.78, 5) is 13.7. The summed E-state index contributed by atoms with van der Waals surface area (Å²) >= 11 is 5.88. The van der Waals surface area contributed by atoms with Gasteiger partial charge in [0.25, 0.3) is 0 Å². The van der Waals surface area contributed by atoms with Crippen molar-refractivity contribution in [1.29, 1.82) is 0 Å². The van der Waals surface area contributed by atoms with Crippen LogP contribution in [0.1, 0.15) is 61.8 Å². The molecule has 1 aromatic heterocycles. The highest BCUT2D eigenvalue weighted by Crippen LogP contribution is 2.39. The van der Waals surface area contributed by atoms with Gasteiger partial charge in [-0.05, 0) is 68.7 Å². The average molecular weight is 590 g/mol. The first kappa shape index (κ1) is 30.4. The highest BCUT2D eigenvalue weighted by Gasteiger charge is 2.35. The number of ketones is 1. The quantitative estimate of drug-likeness (QED) is 0.149. The monoisotopic (exact) mass is 589 g/mol. The van der Waals surface area contributed by atoms with Gasteiger partial charge in [-0.25, -0.2) is 4.39 Å². The normalized spacial score (nSPS) is 19.6. The molecule has 4 rings (SSSR count). The first-order chi connectivity index (χ1) is 19.3. The van der Waals surface area contributed by atoms with E-state index >= 15 is 0 Å². The second-order valence-corrected chi connectivity index (χ2v) is 11.2. The maximum Gasteiger partial charge on any atom is 0.387 e. The third-order valence-electron chi connectivity index (χ3n) is 7.67. The minimum absolute atomic E-state index is 0.0182. The SMILES string of the molecule is C=C(O)c1ccc(CC(=O)C(CC2CCC(C)(O)CC2)c2ccc(-c3c(OC(F)F)ccc(Cl)c3F)c[n+]2[O-])cc1. The Bertz CT molecular complexity index is 1420. The minimum atomic E-state index is -3.23. The molecule has 1 fully saturated rings. The molecule has 1 atom stereocenters. The van der Waals surface area contributed by atoms with Gasteiger partial charge in [-0.15, -0.1) is 0 Å². The summed E-state index contributed by atoms with van der Waals surface area (Å²) in [7, 11) is 0. The van der Waals surface area contributed by atoms with Gasteiger partial charge in [0.15, 0.2) is 17.8 Å². The molecular weight excluding hydrogens is 559 g/mol. The van der Waals surface area contributed by atoms with Gasteiger partial charge in [0.2, 0.25) is 5.69 Å². The number of carbonyl (C=O) groups excluding carboxylic acids is 1. The van der Waals surface area contributed by atoms with Gasteiger partial charge in [0, 0.05) is 18.1 Å². The Kier molecular flexibility index (Phi) is 9.29. The largest absolute Gasteiger partial charge is 0.618 e. The van der Waals surface area contributed by atoms with Crippen LogP contribution in [-0.4, -0.2) is 28.2 Å². The Balaban J connectivity index is 1.68. The lowest BCUT2D eigenvalue weighted by Gasteiger charge is -2.34. The van der Waals surface area contributed by atoms with Crippen molar-refractivity contribution in [2.75, 3.05) is 0 Å². The summed E-state index contributed by atoms with van der Waals surface area (Å²) in [5.74, 6) is -2.55. The summed E-state index contributed by atoms with van der Waals surface area (Å²) < 4.78 is 45.8. The van der Waals surface area contributed by atoms with Gasteiger partial charge in [0.1, 0.15) is 17.4 Å². The number of hydrogen-bond acceptors (Lipinski definition) is 5. The number of aliphatic hydroxyl groups is 2. The molecule has 6 nitrogen and oxygen atoms in total. The third kappa shape index (κ3) is 7.40. The van der Waals surface area contributed by atoms with Crippen LogP contribution < -0.4 is 9.47 Å². The fourth-order valence-electron chi connectivity index (χ4n) is 5.33. The van der Waals surface area contributed by atoms with Crippen molar-refractivity contribution in [3.63, 3.8) is 0 Å². The summed E-state index contributed by atoms with van der Waals surface area (Å²) in [6, 6.07) is 11.6. The number of ether oxygens (including phenoxy) is 1. The first-order valence-corrected chi connectivity index (χ1v) is 13.6. The minimum Gasteiger partial charge on any atom is -0.618 e. The fraction of sp³-hybridized carbons (Fsp3) is 0.355. The van der Waals surface area contributed by atoms with Crippen LogP contribution in [0.3, 0.4) is 0 Å². The molecule has 218 valence electrons. The van der Waals surface area contributed by atoms with Crippen LogP contribution in [-0.2, 0) is 11.2 Å². The van der Waals surface area contributed by atoms with E-state index in [1.807, 2.05) is 0 Å². The standard InChI is InChI=1S/C31H31ClF3NO5/c1-18(37)21-5-3-19(4-6-21)16-26(38)23(15-20-11-13-31(2,39)14-12-20)25-9-7-22(17-36(25)40)28-27(41-30(34)35)10-8-24(32)29(28)33/h3-10,17,20,23,30,37,39H,1,11-16H2,2H3. The van der Waals surface area contributed by atoms with E-state index in [1.54, 1.807) is 31.2 Å². The van der Waals surface area contributed by atoms with E-state index in [4.69, 9.17) is 11.6 Å². The highest BCUT2D eigenvalue weighted by molar-refractivity contribution is 6.31. The fourth-order valence-corrected chi connectivity index (χ4v) is 5.49. The molecule has 0 bridgehead atoms. The van der Waals surface area contributed by atoms with Crippen molar-refractivity contribution in [2.45, 2.75) is 63.6 Å². The second kappa shape index (κ2) is 12.5. The summed E-state index contributed by atoms with van der Waals surface area (Å²) in [6.07, 6.45) is 3.92. The number of halogens is 4. The van der Waals surface area contributed by atoms with Gasteiger partial charge in [0.05, 0.1) is 21.8 Å². The molecule has 1 aliphatic rings. The predicted molar refractivity (Wildman–Crippen MR) is 149 cm³/mol. The van der Waals surface area contributed by atoms with E-state index in [9.17, 15) is 33.4 Å². The topological polar surface area (TPSA) is 93.7 Å². The van der Waals surface area contributed by atoms with Crippen LogP contribution in [0.4, 0.5) is 13.2 Å². The van der Waals surface area contributed by atoms with E-state index in [-0.39, 0.29) is 40.2 Å². The number of hydrogen-bond donors (Lipinski definition) is 2. The summed E-state index contributed by atoms with van der Waals surface area (Å²) in [6.45, 7) is 2.04. The number of carbonyl (C=O) groups is 1. The molecule has 2 aromatic carbocycles. The van der Waals surface area contributed by atoms with Crippen LogP contribution in [0.2, 0.25) is 5.02 Å². The van der Waals surface area contributed by atoms with Crippen molar-refractivity contribution in [3.8, 4) is 16.9 Å². The Labute approximate surface area is 241 Å². The predicted octanol–water partition coefficient (Wildman–Crippen LogP) is 7.14. The van der Waals surface area contributed by atoms with Gasteiger partial charge < -0.3 is 20.2 Å². The van der Waals surface area contributed by atoms with Gasteiger partial charge in [-0.3, -0.25) is 4.79 Å². The maximum absolute atomic E-state index is 14.9. The average Bonchev–Trinajstić information content (AvgIpc) is 2.90. The Morgan fingerprint density at radius 3 is 2.41 bits per heavy atom. The molecule has 0 amide bonds. The van der Waals surface area contributed by atoms with E-state index < -0.39 is 35.3 Å². The smallest absolute Gasteiger partial charge is 0.387 e. The van der Waals surface area contributed by atoms with Crippen molar-refractivity contribution in [1.82, 2.24) is 0 Å². The number of nitrogens with zero attached hydrogens (tertiary/aromatic N) is 1. The summed E-state index contributed by atoms with van der Waals surface area (Å²) in [5.41, 5.74) is 0.128. The third-order valence-corrected chi connectivity index (χ3v) is 7.96.